The van der Waals surface area contributed by atoms with Crippen molar-refractivity contribution in [3.05, 3.63) is 61.3 Å². The molecule has 0 saturated carbocycles. The molecule has 5 nitrogen and oxygen atoms in total. The molecule has 0 radical (unpaired) electrons. The second-order valence-electron chi connectivity index (χ2n) is 5.91. The van der Waals surface area contributed by atoms with Crippen molar-refractivity contribution in [3.8, 4) is 0 Å². The molecule has 2 aromatic rings. The summed E-state index contributed by atoms with van der Waals surface area (Å²) in [6, 6.07) is 7.48. The van der Waals surface area contributed by atoms with Gasteiger partial charge in [0.05, 0.1) is 6.04 Å². The summed E-state index contributed by atoms with van der Waals surface area (Å²) in [6.07, 6.45) is 1.60. The Hall–Kier alpha value is -2.01. The number of aromatic nitrogens is 2. The van der Waals surface area contributed by atoms with Crippen LogP contribution in [0.3, 0.4) is 0 Å². The minimum Gasteiger partial charge on any atom is -0.351 e. The molecule has 0 amide bonds. The fourth-order valence-corrected chi connectivity index (χ4v) is 3.39. The van der Waals surface area contributed by atoms with E-state index in [-0.39, 0.29) is 17.3 Å². The summed E-state index contributed by atoms with van der Waals surface area (Å²) in [6.45, 7) is 5.18. The number of nitrogens with zero attached hydrogens (tertiary/aromatic N) is 2. The number of hydrogen-bond donors (Lipinski definition) is 1. The standard InChI is InChI=1S/C17H20ClN3O2/c1-3-7-21-16(22)10-15(19-17(21)23)20-8-6-12-4-5-13(18)9-14(12)11(20)2/h4-5,9-11H,3,6-8H2,1-2H3,(H,19,23)/t11-/m0/s1. The van der Waals surface area contributed by atoms with Crippen LogP contribution in [0, 0.1) is 0 Å². The lowest BCUT2D eigenvalue weighted by atomic mass is 9.93. The number of hydrogen-bond acceptors (Lipinski definition) is 3. The zero-order valence-electron chi connectivity index (χ0n) is 13.3. The van der Waals surface area contributed by atoms with Gasteiger partial charge in [-0.3, -0.25) is 14.3 Å². The van der Waals surface area contributed by atoms with E-state index in [1.165, 1.54) is 16.2 Å². The third kappa shape index (κ3) is 2.93. The van der Waals surface area contributed by atoms with Gasteiger partial charge in [0.1, 0.15) is 5.82 Å². The molecule has 0 saturated heterocycles. The van der Waals surface area contributed by atoms with Crippen LogP contribution < -0.4 is 16.1 Å². The van der Waals surface area contributed by atoms with Gasteiger partial charge in [0.2, 0.25) is 0 Å². The minimum absolute atomic E-state index is 0.0505. The van der Waals surface area contributed by atoms with Crippen LogP contribution in [-0.2, 0) is 13.0 Å². The van der Waals surface area contributed by atoms with Gasteiger partial charge >= 0.3 is 5.69 Å². The van der Waals surface area contributed by atoms with Crippen molar-refractivity contribution in [2.75, 3.05) is 11.4 Å². The second kappa shape index (κ2) is 6.24. The number of anilines is 1. The zero-order valence-corrected chi connectivity index (χ0v) is 14.1. The van der Waals surface area contributed by atoms with Gasteiger partial charge in [-0.15, -0.1) is 0 Å². The lowest BCUT2D eigenvalue weighted by Gasteiger charge is -2.36. The molecule has 2 heterocycles. The molecule has 122 valence electrons. The average molecular weight is 334 g/mol. The first-order valence-electron chi connectivity index (χ1n) is 7.90. The number of halogens is 1. The zero-order chi connectivity index (χ0) is 16.6. The van der Waals surface area contributed by atoms with E-state index < -0.39 is 0 Å². The van der Waals surface area contributed by atoms with Gasteiger partial charge in [-0.25, -0.2) is 4.79 Å². The van der Waals surface area contributed by atoms with Crippen molar-refractivity contribution in [1.82, 2.24) is 9.55 Å². The number of rotatable bonds is 3. The van der Waals surface area contributed by atoms with E-state index in [9.17, 15) is 9.59 Å². The summed E-state index contributed by atoms with van der Waals surface area (Å²) in [5.74, 6) is 0.575. The predicted octanol–water partition coefficient (Wildman–Crippen LogP) is 2.72. The van der Waals surface area contributed by atoms with E-state index in [2.05, 4.69) is 16.8 Å². The first kappa shape index (κ1) is 15.9. The molecule has 1 N–H and O–H groups in total. The summed E-state index contributed by atoms with van der Waals surface area (Å²) < 4.78 is 1.24. The van der Waals surface area contributed by atoms with Gasteiger partial charge in [-0.2, -0.15) is 0 Å². The van der Waals surface area contributed by atoms with Gasteiger partial charge in [0.25, 0.3) is 5.56 Å². The first-order chi connectivity index (χ1) is 11.0. The van der Waals surface area contributed by atoms with Gasteiger partial charge in [-0.05, 0) is 43.0 Å². The molecule has 0 aliphatic carbocycles. The summed E-state index contributed by atoms with van der Waals surface area (Å²) in [5.41, 5.74) is 1.80. The third-order valence-corrected chi connectivity index (χ3v) is 4.65. The van der Waals surface area contributed by atoms with E-state index in [0.29, 0.717) is 17.4 Å². The SMILES string of the molecule is CCCn1c(=O)cc(N2CCc3ccc(Cl)cc3[C@@H]2C)[nH]c1=O. The number of aromatic amines is 1. The van der Waals surface area contributed by atoms with Crippen LogP contribution in [0.2, 0.25) is 5.02 Å². The fourth-order valence-electron chi connectivity index (χ4n) is 3.21. The van der Waals surface area contributed by atoms with Crippen LogP contribution in [0.5, 0.6) is 0 Å². The Bertz CT molecular complexity index is 809. The number of benzene rings is 1. The van der Waals surface area contributed by atoms with E-state index in [1.807, 2.05) is 25.1 Å². The van der Waals surface area contributed by atoms with Crippen LogP contribution >= 0.6 is 11.6 Å². The maximum Gasteiger partial charge on any atom is 0.329 e. The van der Waals surface area contributed by atoms with Gasteiger partial charge in [0.15, 0.2) is 0 Å². The Balaban J connectivity index is 2.00. The first-order valence-corrected chi connectivity index (χ1v) is 8.28. The summed E-state index contributed by atoms with van der Waals surface area (Å²) in [5, 5.41) is 0.698. The molecular weight excluding hydrogens is 314 g/mol. The second-order valence-corrected chi connectivity index (χ2v) is 6.35. The molecule has 1 aromatic carbocycles. The van der Waals surface area contributed by atoms with E-state index in [4.69, 9.17) is 11.6 Å². The minimum atomic E-state index is -0.349. The van der Waals surface area contributed by atoms with Crippen molar-refractivity contribution < 1.29 is 0 Å². The molecule has 1 aromatic heterocycles. The van der Waals surface area contributed by atoms with Crippen LogP contribution in [0.15, 0.2) is 33.9 Å². The average Bonchev–Trinajstić information content (AvgIpc) is 2.51. The highest BCUT2D eigenvalue weighted by atomic mass is 35.5. The fraction of sp³-hybridized carbons (Fsp3) is 0.412. The Labute approximate surface area is 139 Å². The molecular formula is C17H20ClN3O2. The maximum atomic E-state index is 12.2. The summed E-state index contributed by atoms with van der Waals surface area (Å²) in [7, 11) is 0. The molecule has 1 atom stereocenters. The Morgan fingerprint density at radius 2 is 2.09 bits per heavy atom. The summed E-state index contributed by atoms with van der Waals surface area (Å²) >= 11 is 6.11. The van der Waals surface area contributed by atoms with Crippen LogP contribution in [0.1, 0.15) is 37.4 Å². The maximum absolute atomic E-state index is 12.2. The Morgan fingerprint density at radius 1 is 1.30 bits per heavy atom. The van der Waals surface area contributed by atoms with Crippen LogP contribution in [0.25, 0.3) is 0 Å². The molecule has 1 aliphatic heterocycles. The Kier molecular flexibility index (Phi) is 4.31. The van der Waals surface area contributed by atoms with Crippen LogP contribution in [-0.4, -0.2) is 16.1 Å². The van der Waals surface area contributed by atoms with Crippen molar-refractivity contribution in [1.29, 1.82) is 0 Å². The molecule has 1 aliphatic rings. The number of nitrogens with one attached hydrogen (secondary N) is 1. The molecule has 3 rings (SSSR count). The normalized spacial score (nSPS) is 17.2. The van der Waals surface area contributed by atoms with Crippen molar-refractivity contribution in [2.24, 2.45) is 0 Å². The van der Waals surface area contributed by atoms with Gasteiger partial charge < -0.3 is 4.90 Å². The number of H-pyrrole nitrogens is 1. The highest BCUT2D eigenvalue weighted by Gasteiger charge is 2.25. The highest BCUT2D eigenvalue weighted by molar-refractivity contribution is 6.30. The lowest BCUT2D eigenvalue weighted by Crippen LogP contribution is -2.40. The highest BCUT2D eigenvalue weighted by Crippen LogP contribution is 2.33. The quantitative estimate of drug-likeness (QED) is 0.939. The van der Waals surface area contributed by atoms with Gasteiger partial charge in [0, 0.05) is 24.2 Å². The largest absolute Gasteiger partial charge is 0.351 e. The molecule has 0 fully saturated rings. The molecule has 0 unspecified atom stereocenters. The van der Waals surface area contributed by atoms with Crippen LogP contribution in [0.4, 0.5) is 5.82 Å². The molecule has 0 spiro atoms. The number of fused-ring (bicyclic) bond motifs is 1. The van der Waals surface area contributed by atoms with E-state index >= 15 is 0 Å². The molecule has 23 heavy (non-hydrogen) atoms. The van der Waals surface area contributed by atoms with Crippen molar-refractivity contribution in [2.45, 2.75) is 39.3 Å². The predicted molar refractivity (Wildman–Crippen MR) is 92.5 cm³/mol. The monoisotopic (exact) mass is 333 g/mol. The topological polar surface area (TPSA) is 58.1 Å². The molecule has 6 heteroatoms. The smallest absolute Gasteiger partial charge is 0.329 e. The van der Waals surface area contributed by atoms with Crippen molar-refractivity contribution in [3.63, 3.8) is 0 Å². The molecule has 0 bridgehead atoms. The third-order valence-electron chi connectivity index (χ3n) is 4.41. The lowest BCUT2D eigenvalue weighted by molar-refractivity contribution is 0.588. The van der Waals surface area contributed by atoms with E-state index in [0.717, 1.165) is 24.9 Å². The van der Waals surface area contributed by atoms with Gasteiger partial charge in [-0.1, -0.05) is 24.6 Å². The summed E-state index contributed by atoms with van der Waals surface area (Å²) in [4.78, 5) is 29.3. The Morgan fingerprint density at radius 3 is 2.78 bits per heavy atom. The van der Waals surface area contributed by atoms with E-state index in [1.54, 1.807) is 0 Å². The van der Waals surface area contributed by atoms with Crippen molar-refractivity contribution >= 4 is 17.4 Å².